The van der Waals surface area contributed by atoms with E-state index in [1.807, 2.05) is 31.3 Å². The highest BCUT2D eigenvalue weighted by atomic mass is 16.9. The van der Waals surface area contributed by atoms with Gasteiger partial charge in [-0.25, -0.2) is 4.98 Å². The number of hydrogen-bond donors (Lipinski definition) is 1. The fraction of sp³-hybridized carbons (Fsp3) is 0.500. The van der Waals surface area contributed by atoms with Crippen LogP contribution < -0.4 is 5.32 Å². The number of ether oxygens (including phenoxy) is 3. The highest BCUT2D eigenvalue weighted by Crippen LogP contribution is 2.44. The van der Waals surface area contributed by atoms with Gasteiger partial charge in [-0.1, -0.05) is 30.3 Å². The number of nitrogens with one attached hydrogen (secondary N) is 1. The topological polar surface area (TPSA) is 109 Å². The SMILES string of the molecule is COCCO[C@@H]1c2ccn3c(C)c(C)nc3c2N[C@H](c2ccccc2)[C@H]1OCCCCCO[N+](=O)[O-]. The average molecular weight is 499 g/mol. The van der Waals surface area contributed by atoms with Crippen LogP contribution in [0.2, 0.25) is 0 Å². The van der Waals surface area contributed by atoms with Gasteiger partial charge in [0.05, 0.1) is 37.2 Å². The Morgan fingerprint density at radius 3 is 2.56 bits per heavy atom. The largest absolute Gasteiger partial charge is 0.382 e. The van der Waals surface area contributed by atoms with E-state index in [0.29, 0.717) is 26.2 Å². The summed E-state index contributed by atoms with van der Waals surface area (Å²) < 4.78 is 20.2. The number of pyridine rings is 1. The summed E-state index contributed by atoms with van der Waals surface area (Å²) >= 11 is 0. The molecule has 3 heterocycles. The van der Waals surface area contributed by atoms with Crippen molar-refractivity contribution >= 4 is 11.3 Å². The Kier molecular flexibility index (Phi) is 8.74. The van der Waals surface area contributed by atoms with Gasteiger partial charge in [0.2, 0.25) is 0 Å². The lowest BCUT2D eigenvalue weighted by Gasteiger charge is -2.40. The van der Waals surface area contributed by atoms with Crippen molar-refractivity contribution in [2.45, 2.75) is 51.4 Å². The number of nitrogens with zero attached hydrogens (tertiary/aromatic N) is 3. The second-order valence-corrected chi connectivity index (χ2v) is 8.89. The molecule has 194 valence electrons. The van der Waals surface area contributed by atoms with Crippen LogP contribution in [0.1, 0.15) is 53.9 Å². The van der Waals surface area contributed by atoms with Gasteiger partial charge in [0.1, 0.15) is 12.2 Å². The minimum atomic E-state index is -0.756. The summed E-state index contributed by atoms with van der Waals surface area (Å²) in [6, 6.07) is 12.1. The minimum absolute atomic E-state index is 0.0971. The van der Waals surface area contributed by atoms with Gasteiger partial charge in [-0.3, -0.25) is 0 Å². The fourth-order valence-corrected chi connectivity index (χ4v) is 4.63. The van der Waals surface area contributed by atoms with Crippen LogP contribution in [0.5, 0.6) is 0 Å². The van der Waals surface area contributed by atoms with Crippen molar-refractivity contribution in [3.05, 3.63) is 75.2 Å². The number of aryl methyl sites for hydroxylation is 2. The first kappa shape index (κ1) is 25.9. The number of unbranched alkanes of at least 4 members (excludes halogenated alkanes) is 2. The van der Waals surface area contributed by atoms with E-state index in [1.54, 1.807) is 7.11 Å². The molecule has 0 saturated heterocycles. The Bertz CT molecular complexity index is 1150. The number of anilines is 1. The molecule has 0 bridgehead atoms. The maximum Gasteiger partial charge on any atom is 0.294 e. The van der Waals surface area contributed by atoms with Gasteiger partial charge in [0.25, 0.3) is 5.09 Å². The zero-order valence-corrected chi connectivity index (χ0v) is 21.0. The molecular formula is C26H34N4O6. The molecule has 0 spiro atoms. The second kappa shape index (κ2) is 12.2. The molecular weight excluding hydrogens is 464 g/mol. The first-order valence-corrected chi connectivity index (χ1v) is 12.3. The summed E-state index contributed by atoms with van der Waals surface area (Å²) in [6.07, 6.45) is 3.53. The first-order chi connectivity index (χ1) is 17.5. The maximum absolute atomic E-state index is 10.3. The number of benzene rings is 1. The predicted molar refractivity (Wildman–Crippen MR) is 135 cm³/mol. The highest BCUT2D eigenvalue weighted by molar-refractivity contribution is 5.75. The summed E-state index contributed by atoms with van der Waals surface area (Å²) in [4.78, 5) is 19.6. The Morgan fingerprint density at radius 1 is 1.03 bits per heavy atom. The van der Waals surface area contributed by atoms with Crippen molar-refractivity contribution in [3.8, 4) is 0 Å². The van der Waals surface area contributed by atoms with Gasteiger partial charge >= 0.3 is 0 Å². The van der Waals surface area contributed by atoms with E-state index in [0.717, 1.165) is 46.7 Å². The van der Waals surface area contributed by atoms with Crippen LogP contribution >= 0.6 is 0 Å². The van der Waals surface area contributed by atoms with E-state index in [9.17, 15) is 10.1 Å². The van der Waals surface area contributed by atoms with E-state index in [2.05, 4.69) is 39.7 Å². The molecule has 10 heteroatoms. The minimum Gasteiger partial charge on any atom is -0.382 e. The van der Waals surface area contributed by atoms with Crippen LogP contribution in [0.25, 0.3) is 5.65 Å². The molecule has 1 aromatic carbocycles. The van der Waals surface area contributed by atoms with Gasteiger partial charge in [-0.15, -0.1) is 10.1 Å². The van der Waals surface area contributed by atoms with E-state index >= 15 is 0 Å². The van der Waals surface area contributed by atoms with Crippen LogP contribution in [0.15, 0.2) is 42.6 Å². The van der Waals surface area contributed by atoms with Gasteiger partial charge in [-0.05, 0) is 44.7 Å². The van der Waals surface area contributed by atoms with Gasteiger partial charge < -0.3 is 28.8 Å². The second-order valence-electron chi connectivity index (χ2n) is 8.89. The van der Waals surface area contributed by atoms with E-state index in [1.165, 1.54) is 0 Å². The number of fused-ring (bicyclic) bond motifs is 3. The van der Waals surface area contributed by atoms with E-state index in [-0.39, 0.29) is 24.9 Å². The first-order valence-electron chi connectivity index (χ1n) is 12.3. The lowest BCUT2D eigenvalue weighted by atomic mass is 9.88. The molecule has 0 unspecified atom stereocenters. The van der Waals surface area contributed by atoms with Crippen LogP contribution in [0.4, 0.5) is 5.69 Å². The molecule has 3 atom stereocenters. The maximum atomic E-state index is 10.3. The lowest BCUT2D eigenvalue weighted by molar-refractivity contribution is -0.757. The van der Waals surface area contributed by atoms with Crippen LogP contribution in [0.3, 0.4) is 0 Å². The predicted octanol–water partition coefficient (Wildman–Crippen LogP) is 4.59. The van der Waals surface area contributed by atoms with Gasteiger partial charge in [0, 0.05) is 31.2 Å². The van der Waals surface area contributed by atoms with Crippen LogP contribution in [-0.4, -0.2) is 54.1 Å². The molecule has 3 aromatic rings. The van der Waals surface area contributed by atoms with Crippen molar-refractivity contribution in [1.82, 2.24) is 9.38 Å². The lowest BCUT2D eigenvalue weighted by Crippen LogP contribution is -2.40. The Hall–Kier alpha value is -3.21. The highest BCUT2D eigenvalue weighted by Gasteiger charge is 2.40. The summed E-state index contributed by atoms with van der Waals surface area (Å²) in [5.74, 6) is 0. The van der Waals surface area contributed by atoms with Crippen LogP contribution in [0, 0.1) is 24.0 Å². The van der Waals surface area contributed by atoms with Crippen molar-refractivity contribution in [2.75, 3.05) is 38.9 Å². The van der Waals surface area contributed by atoms with Crippen LogP contribution in [-0.2, 0) is 19.0 Å². The third kappa shape index (κ3) is 5.77. The zero-order chi connectivity index (χ0) is 25.5. The molecule has 2 aromatic heterocycles. The summed E-state index contributed by atoms with van der Waals surface area (Å²) in [5, 5.41) is 13.3. The Labute approximate surface area is 210 Å². The number of rotatable bonds is 13. The smallest absolute Gasteiger partial charge is 0.294 e. The molecule has 4 rings (SSSR count). The molecule has 10 nitrogen and oxygen atoms in total. The van der Waals surface area contributed by atoms with Gasteiger partial charge in [0.15, 0.2) is 5.65 Å². The molecule has 36 heavy (non-hydrogen) atoms. The van der Waals surface area contributed by atoms with E-state index < -0.39 is 5.09 Å². The quantitative estimate of drug-likeness (QED) is 0.207. The van der Waals surface area contributed by atoms with Crippen molar-refractivity contribution < 1.29 is 24.1 Å². The molecule has 0 saturated carbocycles. The summed E-state index contributed by atoms with van der Waals surface area (Å²) in [6.45, 7) is 5.58. The fourth-order valence-electron chi connectivity index (χ4n) is 4.63. The van der Waals surface area contributed by atoms with E-state index in [4.69, 9.17) is 19.2 Å². The van der Waals surface area contributed by atoms with Crippen molar-refractivity contribution in [2.24, 2.45) is 0 Å². The zero-order valence-electron chi connectivity index (χ0n) is 21.0. The Morgan fingerprint density at radius 2 is 1.81 bits per heavy atom. The Balaban J connectivity index is 1.62. The van der Waals surface area contributed by atoms with Crippen molar-refractivity contribution in [1.29, 1.82) is 0 Å². The van der Waals surface area contributed by atoms with Crippen molar-refractivity contribution in [3.63, 3.8) is 0 Å². The monoisotopic (exact) mass is 498 g/mol. The normalized spacial score (nSPS) is 19.1. The molecule has 0 aliphatic carbocycles. The number of imidazole rings is 1. The van der Waals surface area contributed by atoms with Gasteiger partial charge in [-0.2, -0.15) is 0 Å². The average Bonchev–Trinajstić information content (AvgIpc) is 3.17. The molecule has 0 fully saturated rings. The standard InChI is InChI=1S/C26H34N4O6/c1-18-19(2)29-13-12-21-23(26(29)27-18)28-22(20-10-6-4-7-11-20)25(24(21)35-17-16-33-3)34-14-8-5-9-15-36-30(31)32/h4,6-7,10-13,22,24-25,28H,5,8-9,14-17H2,1-3H3/t22-,24-,25-/m1/s1. The third-order valence-electron chi connectivity index (χ3n) is 6.57. The number of aromatic nitrogens is 2. The molecule has 1 N–H and O–H groups in total. The molecule has 1 aliphatic heterocycles. The number of methoxy groups -OCH3 is 1. The number of hydrogen-bond acceptors (Lipinski definition) is 8. The summed E-state index contributed by atoms with van der Waals surface area (Å²) in [7, 11) is 1.66. The third-order valence-corrected chi connectivity index (χ3v) is 6.57. The summed E-state index contributed by atoms with van der Waals surface area (Å²) in [5.41, 5.74) is 5.99. The molecule has 1 aliphatic rings. The molecule has 0 radical (unpaired) electrons. The molecule has 0 amide bonds.